The number of nitrogens with zero attached hydrogens (tertiary/aromatic N) is 2. The van der Waals surface area contributed by atoms with E-state index in [1.807, 2.05) is 43.5 Å². The Labute approximate surface area is 133 Å². The number of hydrogen-bond acceptors (Lipinski definition) is 4. The number of anilines is 1. The second-order valence-electron chi connectivity index (χ2n) is 5.23. The van der Waals surface area contributed by atoms with Crippen LogP contribution >= 0.6 is 11.3 Å². The number of hydrogen-bond donors (Lipinski definition) is 1. The third-order valence-electron chi connectivity index (χ3n) is 3.34. The van der Waals surface area contributed by atoms with Gasteiger partial charge in [-0.3, -0.25) is 9.36 Å². The predicted molar refractivity (Wildman–Crippen MR) is 91.0 cm³/mol. The summed E-state index contributed by atoms with van der Waals surface area (Å²) in [6.07, 6.45) is 3.35. The van der Waals surface area contributed by atoms with Crippen molar-refractivity contribution < 1.29 is 0 Å². The van der Waals surface area contributed by atoms with Gasteiger partial charge in [-0.05, 0) is 48.6 Å². The van der Waals surface area contributed by atoms with Gasteiger partial charge in [-0.2, -0.15) is 0 Å². The minimum atomic E-state index is -0.135. The standard InChI is InChI=1S/C17H17N3OS/c1-12-8-13(2)10-14(9-12)20-6-5-18-16(17(20)21)19-11-15-4-3-7-22-15/h3-10H,11H2,1-2H3,(H,18,19). The Bertz CT molecular complexity index is 817. The molecule has 0 amide bonds. The summed E-state index contributed by atoms with van der Waals surface area (Å²) in [5.41, 5.74) is 2.99. The molecule has 112 valence electrons. The van der Waals surface area contributed by atoms with Crippen LogP contribution in [0.1, 0.15) is 16.0 Å². The van der Waals surface area contributed by atoms with E-state index in [2.05, 4.69) is 16.4 Å². The molecule has 0 aliphatic rings. The maximum Gasteiger partial charge on any atom is 0.297 e. The Hall–Kier alpha value is -2.40. The van der Waals surface area contributed by atoms with Gasteiger partial charge in [0.2, 0.25) is 0 Å². The summed E-state index contributed by atoms with van der Waals surface area (Å²) in [7, 11) is 0. The van der Waals surface area contributed by atoms with Gasteiger partial charge in [0.05, 0.1) is 6.54 Å². The quantitative estimate of drug-likeness (QED) is 0.802. The highest BCUT2D eigenvalue weighted by molar-refractivity contribution is 7.09. The molecule has 0 bridgehead atoms. The maximum atomic E-state index is 12.6. The largest absolute Gasteiger partial charge is 0.361 e. The van der Waals surface area contributed by atoms with Crippen LogP contribution in [-0.4, -0.2) is 9.55 Å². The highest BCUT2D eigenvalue weighted by Crippen LogP contribution is 2.13. The van der Waals surface area contributed by atoms with Crippen LogP contribution in [0.25, 0.3) is 5.69 Å². The summed E-state index contributed by atoms with van der Waals surface area (Å²) in [6.45, 7) is 4.66. The number of rotatable bonds is 4. The summed E-state index contributed by atoms with van der Waals surface area (Å²) in [5, 5.41) is 5.14. The van der Waals surface area contributed by atoms with Crippen LogP contribution < -0.4 is 10.9 Å². The molecule has 0 aliphatic carbocycles. The first-order valence-corrected chi connectivity index (χ1v) is 7.94. The zero-order chi connectivity index (χ0) is 15.5. The molecule has 5 heteroatoms. The maximum absolute atomic E-state index is 12.6. The Morgan fingerprint density at radius 3 is 2.68 bits per heavy atom. The molecule has 0 fully saturated rings. The lowest BCUT2D eigenvalue weighted by molar-refractivity contribution is 0.943. The lowest BCUT2D eigenvalue weighted by Crippen LogP contribution is -2.23. The van der Waals surface area contributed by atoms with E-state index in [1.54, 1.807) is 28.3 Å². The van der Waals surface area contributed by atoms with Gasteiger partial charge < -0.3 is 5.32 Å². The fraction of sp³-hybridized carbons (Fsp3) is 0.176. The highest BCUT2D eigenvalue weighted by Gasteiger charge is 2.07. The summed E-state index contributed by atoms with van der Waals surface area (Å²) in [4.78, 5) is 17.9. The zero-order valence-electron chi connectivity index (χ0n) is 12.5. The Morgan fingerprint density at radius 2 is 2.00 bits per heavy atom. The van der Waals surface area contributed by atoms with Crippen LogP contribution in [-0.2, 0) is 6.54 Å². The van der Waals surface area contributed by atoms with Crippen molar-refractivity contribution in [2.75, 3.05) is 5.32 Å². The van der Waals surface area contributed by atoms with Crippen LogP contribution in [0.2, 0.25) is 0 Å². The molecular formula is C17H17N3OS. The van der Waals surface area contributed by atoms with Gasteiger partial charge >= 0.3 is 0 Å². The molecule has 3 aromatic rings. The second-order valence-corrected chi connectivity index (χ2v) is 6.26. The van der Waals surface area contributed by atoms with Gasteiger partial charge in [0.1, 0.15) is 0 Å². The van der Waals surface area contributed by atoms with E-state index >= 15 is 0 Å². The van der Waals surface area contributed by atoms with Crippen LogP contribution in [0.15, 0.2) is 52.9 Å². The SMILES string of the molecule is Cc1cc(C)cc(-n2ccnc(NCc3cccs3)c2=O)c1. The van der Waals surface area contributed by atoms with Gasteiger partial charge in [-0.25, -0.2) is 4.98 Å². The molecule has 0 atom stereocenters. The van der Waals surface area contributed by atoms with Gasteiger partial charge in [-0.15, -0.1) is 11.3 Å². The molecule has 0 saturated heterocycles. The first-order chi connectivity index (χ1) is 10.6. The van der Waals surface area contributed by atoms with Crippen molar-refractivity contribution in [2.24, 2.45) is 0 Å². The van der Waals surface area contributed by atoms with Crippen molar-refractivity contribution in [2.45, 2.75) is 20.4 Å². The van der Waals surface area contributed by atoms with E-state index in [0.717, 1.165) is 16.8 Å². The molecule has 22 heavy (non-hydrogen) atoms. The first-order valence-electron chi connectivity index (χ1n) is 7.06. The molecule has 2 aromatic heterocycles. The molecule has 0 spiro atoms. The van der Waals surface area contributed by atoms with Crippen molar-refractivity contribution in [3.8, 4) is 5.69 Å². The van der Waals surface area contributed by atoms with E-state index in [4.69, 9.17) is 0 Å². The van der Waals surface area contributed by atoms with E-state index < -0.39 is 0 Å². The number of nitrogens with one attached hydrogen (secondary N) is 1. The fourth-order valence-electron chi connectivity index (χ4n) is 2.41. The average Bonchev–Trinajstić information content (AvgIpc) is 2.98. The van der Waals surface area contributed by atoms with Crippen LogP contribution in [0.5, 0.6) is 0 Å². The molecule has 0 saturated carbocycles. The monoisotopic (exact) mass is 311 g/mol. The summed E-state index contributed by atoms with van der Waals surface area (Å²) in [6, 6.07) is 10.1. The molecule has 1 N–H and O–H groups in total. The highest BCUT2D eigenvalue weighted by atomic mass is 32.1. The molecule has 0 radical (unpaired) electrons. The van der Waals surface area contributed by atoms with Crippen LogP contribution in [0.4, 0.5) is 5.82 Å². The molecule has 4 nitrogen and oxygen atoms in total. The topological polar surface area (TPSA) is 46.9 Å². The molecule has 0 unspecified atom stereocenters. The molecule has 3 rings (SSSR count). The molecule has 0 aliphatic heterocycles. The molecule has 1 aromatic carbocycles. The number of benzene rings is 1. The Morgan fingerprint density at radius 1 is 1.23 bits per heavy atom. The van der Waals surface area contributed by atoms with Crippen molar-refractivity contribution in [3.63, 3.8) is 0 Å². The average molecular weight is 311 g/mol. The van der Waals surface area contributed by atoms with Crippen molar-refractivity contribution >= 4 is 17.2 Å². The van der Waals surface area contributed by atoms with Crippen molar-refractivity contribution in [1.29, 1.82) is 0 Å². The Kier molecular flexibility index (Phi) is 4.06. The van der Waals surface area contributed by atoms with E-state index in [0.29, 0.717) is 12.4 Å². The first kappa shape index (κ1) is 14.5. The summed E-state index contributed by atoms with van der Waals surface area (Å²) in [5.74, 6) is 0.370. The van der Waals surface area contributed by atoms with Gasteiger partial charge in [0.25, 0.3) is 5.56 Å². The van der Waals surface area contributed by atoms with Gasteiger partial charge in [0, 0.05) is 23.0 Å². The number of aromatic nitrogens is 2. The van der Waals surface area contributed by atoms with Gasteiger partial charge in [0.15, 0.2) is 5.82 Å². The predicted octanol–water partition coefficient (Wildman–Crippen LogP) is 3.52. The minimum absolute atomic E-state index is 0.135. The fourth-order valence-corrected chi connectivity index (χ4v) is 3.05. The number of aryl methyl sites for hydroxylation is 2. The lowest BCUT2D eigenvalue weighted by atomic mass is 10.1. The Balaban J connectivity index is 1.93. The van der Waals surface area contributed by atoms with E-state index in [-0.39, 0.29) is 5.56 Å². The molecule has 2 heterocycles. The van der Waals surface area contributed by atoms with Crippen molar-refractivity contribution in [3.05, 3.63) is 74.5 Å². The zero-order valence-corrected chi connectivity index (χ0v) is 13.4. The third-order valence-corrected chi connectivity index (χ3v) is 4.21. The van der Waals surface area contributed by atoms with E-state index in [9.17, 15) is 4.79 Å². The summed E-state index contributed by atoms with van der Waals surface area (Å²) < 4.78 is 1.63. The van der Waals surface area contributed by atoms with Crippen LogP contribution in [0, 0.1) is 13.8 Å². The second kappa shape index (κ2) is 6.15. The molecular weight excluding hydrogens is 294 g/mol. The summed E-state index contributed by atoms with van der Waals surface area (Å²) >= 11 is 1.65. The lowest BCUT2D eigenvalue weighted by Gasteiger charge is -2.10. The van der Waals surface area contributed by atoms with Crippen LogP contribution in [0.3, 0.4) is 0 Å². The number of thiophene rings is 1. The normalized spacial score (nSPS) is 10.6. The third kappa shape index (κ3) is 3.09. The van der Waals surface area contributed by atoms with Crippen molar-refractivity contribution in [1.82, 2.24) is 9.55 Å². The van der Waals surface area contributed by atoms with Gasteiger partial charge in [-0.1, -0.05) is 12.1 Å². The smallest absolute Gasteiger partial charge is 0.297 e. The van der Waals surface area contributed by atoms with E-state index in [1.165, 1.54) is 4.88 Å². The minimum Gasteiger partial charge on any atom is -0.361 e.